The smallest absolute Gasteiger partial charge is 0.197 e. The van der Waals surface area contributed by atoms with Gasteiger partial charge in [0.25, 0.3) is 0 Å². The first-order valence-electron chi connectivity index (χ1n) is 4.23. The lowest BCUT2D eigenvalue weighted by molar-refractivity contribution is 0.423. The van der Waals surface area contributed by atoms with Crippen LogP contribution in [0.2, 0.25) is 0 Å². The van der Waals surface area contributed by atoms with E-state index in [0.717, 1.165) is 21.3 Å². The lowest BCUT2D eigenvalue weighted by atomic mass is 10.3. The fraction of sp³-hybridized carbons (Fsp3) is 0.200. The van der Waals surface area contributed by atoms with Crippen molar-refractivity contribution in [2.24, 2.45) is 0 Å². The summed E-state index contributed by atoms with van der Waals surface area (Å²) in [4.78, 5) is 8.46. The highest BCUT2D eigenvalue weighted by atomic mass is 32.1. The molecule has 0 saturated heterocycles. The van der Waals surface area contributed by atoms with E-state index < -0.39 is 0 Å². The molecule has 72 valence electrons. The van der Waals surface area contributed by atoms with Crippen LogP contribution in [-0.4, -0.2) is 17.1 Å². The molecule has 0 radical (unpaired) electrons. The van der Waals surface area contributed by atoms with Gasteiger partial charge in [-0.3, -0.25) is 4.98 Å². The number of ether oxygens (including phenoxy) is 1. The zero-order valence-electron chi connectivity index (χ0n) is 8.02. The Bertz CT molecular complexity index is 425. The molecule has 4 heteroatoms. The van der Waals surface area contributed by atoms with Gasteiger partial charge in [-0.05, 0) is 19.1 Å². The molecule has 2 heterocycles. The fourth-order valence-electron chi connectivity index (χ4n) is 1.18. The summed E-state index contributed by atoms with van der Waals surface area (Å²) in [7, 11) is 1.66. The molecule has 2 rings (SSSR count). The SMILES string of the molecule is COc1sc(-c2cccnc2)nc1C. The summed E-state index contributed by atoms with van der Waals surface area (Å²) in [5.41, 5.74) is 1.96. The number of aryl methyl sites for hydroxylation is 1. The van der Waals surface area contributed by atoms with Crippen LogP contribution in [0, 0.1) is 6.92 Å². The van der Waals surface area contributed by atoms with Gasteiger partial charge in [0.15, 0.2) is 5.06 Å². The Morgan fingerprint density at radius 2 is 2.29 bits per heavy atom. The third kappa shape index (κ3) is 1.61. The molecule has 0 aliphatic carbocycles. The normalized spacial score (nSPS) is 10.1. The fourth-order valence-corrected chi connectivity index (χ4v) is 2.06. The maximum Gasteiger partial charge on any atom is 0.197 e. The highest BCUT2D eigenvalue weighted by Gasteiger charge is 2.08. The van der Waals surface area contributed by atoms with E-state index in [1.165, 1.54) is 11.3 Å². The van der Waals surface area contributed by atoms with Gasteiger partial charge in [0.1, 0.15) is 5.01 Å². The Morgan fingerprint density at radius 1 is 1.43 bits per heavy atom. The monoisotopic (exact) mass is 206 g/mol. The van der Waals surface area contributed by atoms with Crippen molar-refractivity contribution in [3.8, 4) is 15.6 Å². The standard InChI is InChI=1S/C10H10N2OS/c1-7-10(13-2)14-9(12-7)8-4-3-5-11-6-8/h3-6H,1-2H3. The Kier molecular flexibility index (Phi) is 2.45. The second kappa shape index (κ2) is 3.75. The summed E-state index contributed by atoms with van der Waals surface area (Å²) in [5, 5.41) is 1.82. The van der Waals surface area contributed by atoms with E-state index in [0.29, 0.717) is 0 Å². The summed E-state index contributed by atoms with van der Waals surface area (Å²) in [5.74, 6) is 0. The third-order valence-corrected chi connectivity index (χ3v) is 3.02. The van der Waals surface area contributed by atoms with Crippen LogP contribution in [0.25, 0.3) is 10.6 Å². The molecule has 2 aromatic heterocycles. The van der Waals surface area contributed by atoms with Gasteiger partial charge in [-0.25, -0.2) is 4.98 Å². The lowest BCUT2D eigenvalue weighted by Gasteiger charge is -1.92. The average Bonchev–Trinajstić information content (AvgIpc) is 2.61. The Balaban J connectivity index is 2.43. The van der Waals surface area contributed by atoms with Gasteiger partial charge in [-0.2, -0.15) is 0 Å². The van der Waals surface area contributed by atoms with Gasteiger partial charge in [0, 0.05) is 18.0 Å². The first-order valence-corrected chi connectivity index (χ1v) is 5.04. The van der Waals surface area contributed by atoms with Crippen LogP contribution < -0.4 is 4.74 Å². The molecule has 0 atom stereocenters. The van der Waals surface area contributed by atoms with Crippen molar-refractivity contribution in [3.63, 3.8) is 0 Å². The molecule has 0 aliphatic rings. The van der Waals surface area contributed by atoms with Gasteiger partial charge in [-0.1, -0.05) is 11.3 Å². The van der Waals surface area contributed by atoms with Gasteiger partial charge in [0.2, 0.25) is 0 Å². The van der Waals surface area contributed by atoms with E-state index in [4.69, 9.17) is 4.74 Å². The van der Waals surface area contributed by atoms with Crippen molar-refractivity contribution in [2.75, 3.05) is 7.11 Å². The van der Waals surface area contributed by atoms with Crippen LogP contribution >= 0.6 is 11.3 Å². The van der Waals surface area contributed by atoms with Gasteiger partial charge >= 0.3 is 0 Å². The molecular formula is C10H10N2OS. The number of nitrogens with zero attached hydrogens (tertiary/aromatic N) is 2. The molecule has 0 unspecified atom stereocenters. The minimum Gasteiger partial charge on any atom is -0.486 e. The zero-order chi connectivity index (χ0) is 9.97. The second-order valence-corrected chi connectivity index (χ2v) is 3.80. The summed E-state index contributed by atoms with van der Waals surface area (Å²) in [6.07, 6.45) is 3.55. The Hall–Kier alpha value is -1.42. The third-order valence-electron chi connectivity index (χ3n) is 1.85. The molecule has 14 heavy (non-hydrogen) atoms. The minimum absolute atomic E-state index is 0.865. The first-order chi connectivity index (χ1) is 6.81. The number of hydrogen-bond acceptors (Lipinski definition) is 4. The van der Waals surface area contributed by atoms with Crippen LogP contribution in [0.15, 0.2) is 24.5 Å². The van der Waals surface area contributed by atoms with Crippen molar-refractivity contribution in [3.05, 3.63) is 30.2 Å². The molecule has 2 aromatic rings. The molecule has 0 aromatic carbocycles. The number of methoxy groups -OCH3 is 1. The van der Waals surface area contributed by atoms with Crippen molar-refractivity contribution in [1.82, 2.24) is 9.97 Å². The summed E-state index contributed by atoms with van der Waals surface area (Å²) in [6.45, 7) is 1.94. The van der Waals surface area contributed by atoms with Gasteiger partial charge in [-0.15, -0.1) is 0 Å². The molecule has 0 fully saturated rings. The van der Waals surface area contributed by atoms with Crippen molar-refractivity contribution in [2.45, 2.75) is 6.92 Å². The van der Waals surface area contributed by atoms with Crippen molar-refractivity contribution < 1.29 is 4.74 Å². The van der Waals surface area contributed by atoms with Crippen molar-refractivity contribution >= 4 is 11.3 Å². The second-order valence-electron chi connectivity index (χ2n) is 2.84. The molecule has 0 spiro atoms. The minimum atomic E-state index is 0.865. The summed E-state index contributed by atoms with van der Waals surface area (Å²) < 4.78 is 5.18. The topological polar surface area (TPSA) is 35.0 Å². The molecule has 0 bridgehead atoms. The predicted octanol–water partition coefficient (Wildman–Crippen LogP) is 2.52. The predicted molar refractivity (Wildman–Crippen MR) is 56.6 cm³/mol. The maximum absolute atomic E-state index is 5.18. The molecule has 0 amide bonds. The number of hydrogen-bond donors (Lipinski definition) is 0. The van der Waals surface area contributed by atoms with Crippen LogP contribution in [0.5, 0.6) is 5.06 Å². The summed E-state index contributed by atoms with van der Waals surface area (Å²) in [6, 6.07) is 3.89. The van der Waals surface area contributed by atoms with Gasteiger partial charge < -0.3 is 4.74 Å². The molecular weight excluding hydrogens is 196 g/mol. The van der Waals surface area contributed by atoms with E-state index in [-0.39, 0.29) is 0 Å². The number of rotatable bonds is 2. The lowest BCUT2D eigenvalue weighted by Crippen LogP contribution is -1.80. The van der Waals surface area contributed by atoms with E-state index in [1.807, 2.05) is 19.1 Å². The average molecular weight is 206 g/mol. The number of pyridine rings is 1. The zero-order valence-corrected chi connectivity index (χ0v) is 8.84. The molecule has 0 N–H and O–H groups in total. The first kappa shape index (κ1) is 9.15. The van der Waals surface area contributed by atoms with E-state index in [2.05, 4.69) is 9.97 Å². The van der Waals surface area contributed by atoms with Crippen LogP contribution in [0.1, 0.15) is 5.69 Å². The van der Waals surface area contributed by atoms with E-state index in [1.54, 1.807) is 19.5 Å². The van der Waals surface area contributed by atoms with Crippen molar-refractivity contribution in [1.29, 1.82) is 0 Å². The van der Waals surface area contributed by atoms with Crippen LogP contribution in [0.3, 0.4) is 0 Å². The maximum atomic E-state index is 5.18. The van der Waals surface area contributed by atoms with Gasteiger partial charge in [0.05, 0.1) is 12.8 Å². The van der Waals surface area contributed by atoms with Crippen LogP contribution in [0.4, 0.5) is 0 Å². The van der Waals surface area contributed by atoms with Crippen LogP contribution in [-0.2, 0) is 0 Å². The van der Waals surface area contributed by atoms with E-state index in [9.17, 15) is 0 Å². The molecule has 0 aliphatic heterocycles. The molecule has 0 saturated carbocycles. The number of aromatic nitrogens is 2. The molecule has 3 nitrogen and oxygen atoms in total. The largest absolute Gasteiger partial charge is 0.486 e. The summed E-state index contributed by atoms with van der Waals surface area (Å²) >= 11 is 1.54. The Morgan fingerprint density at radius 3 is 2.86 bits per heavy atom. The highest BCUT2D eigenvalue weighted by Crippen LogP contribution is 2.32. The number of thiazole rings is 1. The highest BCUT2D eigenvalue weighted by molar-refractivity contribution is 7.16. The Labute approximate surface area is 86.4 Å². The quantitative estimate of drug-likeness (QED) is 0.757. The van der Waals surface area contributed by atoms with E-state index >= 15 is 0 Å².